The van der Waals surface area contributed by atoms with Crippen molar-refractivity contribution in [2.24, 2.45) is 5.92 Å². The van der Waals surface area contributed by atoms with Crippen LogP contribution in [-0.2, 0) is 9.59 Å². The summed E-state index contributed by atoms with van der Waals surface area (Å²) >= 11 is 0. The summed E-state index contributed by atoms with van der Waals surface area (Å²) < 4.78 is 11.1. The van der Waals surface area contributed by atoms with Crippen molar-refractivity contribution in [3.05, 3.63) is 18.2 Å². The number of carbonyl (C=O) groups excluding carboxylic acids is 2. The molecule has 1 unspecified atom stereocenters. The fraction of sp³-hybridized carbons (Fsp3) is 0.500. The molecule has 1 saturated heterocycles. The highest BCUT2D eigenvalue weighted by molar-refractivity contribution is 6.01. The summed E-state index contributed by atoms with van der Waals surface area (Å²) in [5.41, 5.74) is 0.480. The van der Waals surface area contributed by atoms with E-state index in [1.54, 1.807) is 23.1 Å². The van der Waals surface area contributed by atoms with E-state index in [1.807, 2.05) is 0 Å². The van der Waals surface area contributed by atoms with Crippen LogP contribution >= 0.6 is 0 Å². The van der Waals surface area contributed by atoms with Crippen LogP contribution in [0.15, 0.2) is 18.2 Å². The van der Waals surface area contributed by atoms with Gasteiger partial charge in [-0.3, -0.25) is 19.8 Å². The number of likely N-dealkylation sites (tertiary alicyclic amines) is 1. The first-order valence-corrected chi connectivity index (χ1v) is 8.97. The Kier molecular flexibility index (Phi) is 6.12. The van der Waals surface area contributed by atoms with E-state index in [-0.39, 0.29) is 6.54 Å². The van der Waals surface area contributed by atoms with Gasteiger partial charge in [0.2, 0.25) is 5.91 Å². The maximum Gasteiger partial charge on any atom is 0.325 e. The Labute approximate surface area is 156 Å². The van der Waals surface area contributed by atoms with Crippen LogP contribution in [0, 0.1) is 5.92 Å². The lowest BCUT2D eigenvalue weighted by atomic mass is 9.98. The van der Waals surface area contributed by atoms with Crippen molar-refractivity contribution in [3.63, 3.8) is 0 Å². The van der Waals surface area contributed by atoms with Gasteiger partial charge in [0.15, 0.2) is 11.5 Å². The van der Waals surface area contributed by atoms with Gasteiger partial charge in [-0.25, -0.2) is 4.79 Å². The highest BCUT2D eigenvalue weighted by atomic mass is 16.5. The van der Waals surface area contributed by atoms with Crippen molar-refractivity contribution >= 4 is 23.6 Å². The standard InChI is InChI=1S/C18H23N3O6/c22-16(11-21-6-1-3-12(10-21)17(23)24)20-18(25)19-13-4-5-14-15(9-13)27-8-2-7-26-14/h4-5,9,12H,1-3,6-8,10-11H2,(H,23,24)(H2,19,20,22,25). The number of benzene rings is 1. The van der Waals surface area contributed by atoms with Gasteiger partial charge in [-0.1, -0.05) is 0 Å². The lowest BCUT2D eigenvalue weighted by molar-refractivity contribution is -0.144. The molecule has 0 aromatic heterocycles. The third kappa shape index (κ3) is 5.33. The number of ether oxygens (including phenoxy) is 2. The van der Waals surface area contributed by atoms with Gasteiger partial charge in [0.25, 0.3) is 0 Å². The van der Waals surface area contributed by atoms with Gasteiger partial charge < -0.3 is 19.9 Å². The minimum absolute atomic E-state index is 0.0155. The molecule has 1 atom stereocenters. The molecular formula is C18H23N3O6. The zero-order valence-electron chi connectivity index (χ0n) is 14.9. The van der Waals surface area contributed by atoms with Crippen LogP contribution < -0.4 is 20.1 Å². The molecule has 2 aliphatic heterocycles. The summed E-state index contributed by atoms with van der Waals surface area (Å²) in [4.78, 5) is 36.9. The highest BCUT2D eigenvalue weighted by Gasteiger charge is 2.26. The third-order valence-corrected chi connectivity index (χ3v) is 4.48. The first-order valence-electron chi connectivity index (χ1n) is 8.97. The van der Waals surface area contributed by atoms with E-state index < -0.39 is 23.8 Å². The Morgan fingerprint density at radius 2 is 1.93 bits per heavy atom. The molecular weight excluding hydrogens is 354 g/mol. The molecule has 0 bridgehead atoms. The summed E-state index contributed by atoms with van der Waals surface area (Å²) in [7, 11) is 0. The van der Waals surface area contributed by atoms with E-state index in [2.05, 4.69) is 10.6 Å². The number of fused-ring (bicyclic) bond motifs is 1. The van der Waals surface area contributed by atoms with Crippen LogP contribution in [0.5, 0.6) is 11.5 Å². The van der Waals surface area contributed by atoms with Crippen molar-refractivity contribution in [1.82, 2.24) is 10.2 Å². The van der Waals surface area contributed by atoms with Crippen LogP contribution in [0.4, 0.5) is 10.5 Å². The van der Waals surface area contributed by atoms with Crippen LogP contribution in [0.2, 0.25) is 0 Å². The smallest absolute Gasteiger partial charge is 0.325 e. The molecule has 27 heavy (non-hydrogen) atoms. The van der Waals surface area contributed by atoms with Gasteiger partial charge in [0.05, 0.1) is 25.7 Å². The van der Waals surface area contributed by atoms with Gasteiger partial charge in [-0.2, -0.15) is 0 Å². The molecule has 0 spiro atoms. The number of anilines is 1. The number of rotatable bonds is 4. The Morgan fingerprint density at radius 1 is 1.15 bits per heavy atom. The van der Waals surface area contributed by atoms with Crippen molar-refractivity contribution in [2.45, 2.75) is 19.3 Å². The topological polar surface area (TPSA) is 117 Å². The van der Waals surface area contributed by atoms with Gasteiger partial charge in [-0.15, -0.1) is 0 Å². The summed E-state index contributed by atoms with van der Waals surface area (Å²) in [5.74, 6) is -0.639. The number of hydrogen-bond donors (Lipinski definition) is 3. The zero-order chi connectivity index (χ0) is 19.2. The van der Waals surface area contributed by atoms with Gasteiger partial charge in [0, 0.05) is 24.7 Å². The second-order valence-corrected chi connectivity index (χ2v) is 6.63. The lowest BCUT2D eigenvalue weighted by Gasteiger charge is -2.29. The van der Waals surface area contributed by atoms with Crippen LogP contribution in [0.25, 0.3) is 0 Å². The van der Waals surface area contributed by atoms with E-state index in [0.717, 1.165) is 6.42 Å². The number of urea groups is 1. The summed E-state index contributed by atoms with van der Waals surface area (Å²) in [6.07, 6.45) is 2.11. The van der Waals surface area contributed by atoms with E-state index in [9.17, 15) is 14.4 Å². The summed E-state index contributed by atoms with van der Waals surface area (Å²) in [6.45, 7) is 2.05. The third-order valence-electron chi connectivity index (χ3n) is 4.48. The first kappa shape index (κ1) is 19.0. The average Bonchev–Trinajstić information content (AvgIpc) is 2.86. The van der Waals surface area contributed by atoms with E-state index in [0.29, 0.717) is 56.3 Å². The number of hydrogen-bond acceptors (Lipinski definition) is 6. The number of piperidine rings is 1. The Morgan fingerprint density at radius 3 is 2.70 bits per heavy atom. The summed E-state index contributed by atoms with van der Waals surface area (Å²) in [6, 6.07) is 4.37. The fourth-order valence-corrected chi connectivity index (χ4v) is 3.17. The fourth-order valence-electron chi connectivity index (χ4n) is 3.17. The van der Waals surface area contributed by atoms with Crippen LogP contribution in [0.3, 0.4) is 0 Å². The van der Waals surface area contributed by atoms with Gasteiger partial charge in [0.1, 0.15) is 0 Å². The SMILES string of the molecule is O=C(CN1CCCC(C(=O)O)C1)NC(=O)Nc1ccc2c(c1)OCCCO2. The lowest BCUT2D eigenvalue weighted by Crippen LogP contribution is -2.46. The molecule has 0 saturated carbocycles. The van der Waals surface area contributed by atoms with Gasteiger partial charge >= 0.3 is 12.0 Å². The predicted molar refractivity (Wildman–Crippen MR) is 96.0 cm³/mol. The molecule has 9 heteroatoms. The number of carboxylic acid groups (broad SMARTS) is 1. The molecule has 2 heterocycles. The number of aliphatic carboxylic acids is 1. The first-order chi connectivity index (χ1) is 13.0. The van der Waals surface area contributed by atoms with Crippen molar-refractivity contribution in [3.8, 4) is 11.5 Å². The molecule has 0 aliphatic carbocycles. The molecule has 2 aliphatic rings. The van der Waals surface area contributed by atoms with Crippen molar-refractivity contribution in [2.75, 3.05) is 38.2 Å². The minimum atomic E-state index is -0.854. The Balaban J connectivity index is 1.49. The van der Waals surface area contributed by atoms with E-state index in [1.165, 1.54) is 0 Å². The molecule has 3 amide bonds. The molecule has 3 rings (SSSR count). The zero-order valence-corrected chi connectivity index (χ0v) is 14.9. The second-order valence-electron chi connectivity index (χ2n) is 6.63. The van der Waals surface area contributed by atoms with Crippen molar-refractivity contribution < 1.29 is 29.0 Å². The molecule has 146 valence electrons. The molecule has 9 nitrogen and oxygen atoms in total. The Bertz CT molecular complexity index is 723. The number of nitrogens with zero attached hydrogens (tertiary/aromatic N) is 1. The molecule has 1 aromatic carbocycles. The van der Waals surface area contributed by atoms with Crippen LogP contribution in [0.1, 0.15) is 19.3 Å². The summed E-state index contributed by atoms with van der Waals surface area (Å²) in [5, 5.41) is 13.9. The number of carboxylic acids is 1. The number of nitrogens with one attached hydrogen (secondary N) is 2. The van der Waals surface area contributed by atoms with E-state index in [4.69, 9.17) is 14.6 Å². The van der Waals surface area contributed by atoms with Crippen molar-refractivity contribution in [1.29, 1.82) is 0 Å². The monoisotopic (exact) mass is 377 g/mol. The quantitative estimate of drug-likeness (QED) is 0.724. The number of carbonyl (C=O) groups is 3. The average molecular weight is 377 g/mol. The normalized spacial score (nSPS) is 19.6. The predicted octanol–water partition coefficient (Wildman–Crippen LogP) is 1.29. The Hall–Kier alpha value is -2.81. The molecule has 1 fully saturated rings. The highest BCUT2D eigenvalue weighted by Crippen LogP contribution is 2.32. The van der Waals surface area contributed by atoms with Crippen LogP contribution in [-0.4, -0.2) is 60.8 Å². The van der Waals surface area contributed by atoms with Gasteiger partial charge in [-0.05, 0) is 31.5 Å². The molecule has 1 aromatic rings. The maximum atomic E-state index is 12.1. The number of amides is 3. The van der Waals surface area contributed by atoms with E-state index >= 15 is 0 Å². The molecule has 3 N–H and O–H groups in total. The minimum Gasteiger partial charge on any atom is -0.490 e. The maximum absolute atomic E-state index is 12.1. The largest absolute Gasteiger partial charge is 0.490 e. The second kappa shape index (κ2) is 8.72. The number of imide groups is 1. The molecule has 0 radical (unpaired) electrons.